The SMILES string of the molecule is CC1C[C@H]2CC[C@@H](C1)N2c1nc2c(nc1Br)c(-c1ccc3nn(C)cc3c1Cl)nn2S(=O)(=O)N(C)C.CC1C[C@H]2CC[C@@H](C1)N2c1nc2n[nH]c(-c3ccc4nn(C)cc4c3Cl)c2nc1COCC[Si](C)(C)C. The Labute approximate surface area is 444 Å². The molecule has 8 aromatic rings. The summed E-state index contributed by atoms with van der Waals surface area (Å²) in [5.74, 6) is 3.03. The van der Waals surface area contributed by atoms with Crippen molar-refractivity contribution in [3.8, 4) is 22.5 Å². The predicted molar refractivity (Wildman–Crippen MR) is 295 cm³/mol. The van der Waals surface area contributed by atoms with Crippen LogP contribution in [-0.4, -0.2) is 125 Å². The number of ether oxygens (including phenoxy) is 1. The lowest BCUT2D eigenvalue weighted by Gasteiger charge is -2.39. The van der Waals surface area contributed by atoms with Gasteiger partial charge in [-0.1, -0.05) is 56.7 Å². The summed E-state index contributed by atoms with van der Waals surface area (Å²) in [4.78, 5) is 24.9. The molecule has 4 fully saturated rings. The van der Waals surface area contributed by atoms with Crippen LogP contribution in [0.5, 0.6) is 0 Å². The maximum atomic E-state index is 13.3. The summed E-state index contributed by atoms with van der Waals surface area (Å²) in [5.41, 5.74) is 6.93. The zero-order chi connectivity index (χ0) is 51.4. The lowest BCUT2D eigenvalue weighted by molar-refractivity contribution is 0.130. The minimum absolute atomic E-state index is 0.178. The van der Waals surface area contributed by atoms with E-state index in [4.69, 9.17) is 47.9 Å². The number of aromatic amines is 1. The molecule has 4 aliphatic rings. The van der Waals surface area contributed by atoms with E-state index in [9.17, 15) is 8.42 Å². The molecule has 0 aliphatic carbocycles. The molecule has 0 amide bonds. The molecule has 23 heteroatoms. The summed E-state index contributed by atoms with van der Waals surface area (Å²) in [6, 6.07) is 10.5. The van der Waals surface area contributed by atoms with E-state index in [2.05, 4.69) is 84.7 Å². The smallest absolute Gasteiger partial charge is 0.324 e. The van der Waals surface area contributed by atoms with Gasteiger partial charge in [0.1, 0.15) is 27.0 Å². The van der Waals surface area contributed by atoms with Crippen molar-refractivity contribution in [1.29, 1.82) is 0 Å². The summed E-state index contributed by atoms with van der Waals surface area (Å²) in [7, 11) is 1.50. The Morgan fingerprint density at radius 1 is 0.753 bits per heavy atom. The summed E-state index contributed by atoms with van der Waals surface area (Å²) in [5, 5.41) is 23.9. The van der Waals surface area contributed by atoms with Gasteiger partial charge in [0.25, 0.3) is 0 Å². The molecule has 10 heterocycles. The number of nitrogens with zero attached hydrogens (tertiary/aromatic N) is 14. The summed E-state index contributed by atoms with van der Waals surface area (Å²) in [6.45, 7) is 13.0. The van der Waals surface area contributed by atoms with Crippen LogP contribution in [0.15, 0.2) is 41.3 Å². The van der Waals surface area contributed by atoms with Gasteiger partial charge in [0.2, 0.25) is 5.65 Å². The second kappa shape index (κ2) is 19.1. The normalized spacial score (nSPS) is 22.2. The van der Waals surface area contributed by atoms with Gasteiger partial charge in [-0.05, 0) is 109 Å². The summed E-state index contributed by atoms with van der Waals surface area (Å²) < 4.78 is 39.0. The van der Waals surface area contributed by atoms with Crippen LogP contribution in [-0.2, 0) is 35.6 Å². The highest BCUT2D eigenvalue weighted by Gasteiger charge is 2.43. The van der Waals surface area contributed by atoms with Gasteiger partial charge in [-0.2, -0.15) is 33.1 Å². The molecule has 4 bridgehead atoms. The number of aryl methyl sites for hydroxylation is 2. The molecule has 2 aromatic carbocycles. The molecule has 0 saturated carbocycles. The van der Waals surface area contributed by atoms with E-state index in [1.54, 1.807) is 15.4 Å². The minimum atomic E-state index is -3.98. The van der Waals surface area contributed by atoms with Crippen molar-refractivity contribution in [3.05, 3.63) is 57.0 Å². The van der Waals surface area contributed by atoms with Crippen molar-refractivity contribution in [2.24, 2.45) is 25.9 Å². The maximum Gasteiger partial charge on any atom is 0.324 e. The summed E-state index contributed by atoms with van der Waals surface area (Å²) in [6.07, 6.45) is 13.0. The predicted octanol–water partition coefficient (Wildman–Crippen LogP) is 10.4. The zero-order valence-electron chi connectivity index (χ0n) is 42.7. The second-order valence-electron chi connectivity index (χ2n) is 22.2. The van der Waals surface area contributed by atoms with Gasteiger partial charge in [0, 0.05) is 101 Å². The van der Waals surface area contributed by atoms with Crippen molar-refractivity contribution >= 4 is 113 Å². The highest BCUT2D eigenvalue weighted by molar-refractivity contribution is 9.10. The Morgan fingerprint density at radius 2 is 1.30 bits per heavy atom. The first kappa shape index (κ1) is 50.4. The van der Waals surface area contributed by atoms with E-state index in [1.165, 1.54) is 39.8 Å². The van der Waals surface area contributed by atoms with E-state index >= 15 is 0 Å². The van der Waals surface area contributed by atoms with Crippen molar-refractivity contribution in [2.75, 3.05) is 30.5 Å². The molecule has 73 heavy (non-hydrogen) atoms. The number of aromatic nitrogens is 12. The number of nitrogens with one attached hydrogen (secondary N) is 1. The van der Waals surface area contributed by atoms with Crippen molar-refractivity contribution in [3.63, 3.8) is 0 Å². The molecule has 1 N–H and O–H groups in total. The molecule has 6 aromatic heterocycles. The molecule has 0 spiro atoms. The van der Waals surface area contributed by atoms with Crippen LogP contribution < -0.4 is 9.80 Å². The average Bonchev–Trinajstić information content (AvgIpc) is 4.18. The molecule has 18 nitrogen and oxygen atoms in total. The topological polar surface area (TPSA) is 187 Å². The first-order valence-corrected chi connectivity index (χ1v) is 31.9. The monoisotopic (exact) mass is 1130 g/mol. The van der Waals surface area contributed by atoms with E-state index in [1.807, 2.05) is 44.7 Å². The Bertz CT molecular complexity index is 3530. The molecule has 12 rings (SSSR count). The van der Waals surface area contributed by atoms with Gasteiger partial charge in [-0.15, -0.1) is 4.09 Å². The Hall–Kier alpha value is -4.77. The van der Waals surface area contributed by atoms with Crippen molar-refractivity contribution in [1.82, 2.24) is 63.2 Å². The molecular formula is C50H62BrCl2N15O3SSi. The number of rotatable bonds is 11. The van der Waals surface area contributed by atoms with Gasteiger partial charge >= 0.3 is 10.2 Å². The first-order chi connectivity index (χ1) is 34.7. The van der Waals surface area contributed by atoms with E-state index in [-0.39, 0.29) is 5.65 Å². The lowest BCUT2D eigenvalue weighted by atomic mass is 9.92. The van der Waals surface area contributed by atoms with Crippen molar-refractivity contribution in [2.45, 2.75) is 122 Å². The van der Waals surface area contributed by atoms with Gasteiger partial charge in [-0.3, -0.25) is 14.5 Å². The van der Waals surface area contributed by atoms with E-state index in [0.29, 0.717) is 79.6 Å². The van der Waals surface area contributed by atoms with Crippen LogP contribution in [0.1, 0.15) is 70.9 Å². The van der Waals surface area contributed by atoms with E-state index < -0.39 is 18.3 Å². The average molecular weight is 1130 g/mol. The van der Waals surface area contributed by atoms with Crippen LogP contribution >= 0.6 is 39.1 Å². The van der Waals surface area contributed by atoms with Crippen LogP contribution in [0.3, 0.4) is 0 Å². The lowest BCUT2D eigenvalue weighted by Crippen LogP contribution is -2.43. The maximum absolute atomic E-state index is 13.3. The second-order valence-corrected chi connectivity index (χ2v) is 31.3. The molecule has 4 aliphatic heterocycles. The number of halogens is 3. The molecule has 0 radical (unpaired) electrons. The largest absolute Gasteiger partial charge is 0.375 e. The Morgan fingerprint density at radius 3 is 1.86 bits per heavy atom. The fourth-order valence-electron chi connectivity index (χ4n) is 11.8. The molecule has 386 valence electrons. The quantitative estimate of drug-likeness (QED) is 0.0953. The van der Waals surface area contributed by atoms with Crippen LogP contribution in [0.4, 0.5) is 11.6 Å². The zero-order valence-corrected chi connectivity index (χ0v) is 47.6. The molecule has 4 saturated heterocycles. The Kier molecular flexibility index (Phi) is 13.2. The highest BCUT2D eigenvalue weighted by Crippen LogP contribution is 2.46. The molecule has 6 atom stereocenters. The Balaban J connectivity index is 0.000000157. The number of hydrogen-bond donors (Lipinski definition) is 1. The number of hydrogen-bond acceptors (Lipinski definition) is 13. The fraction of sp³-hybridized carbons (Fsp3) is 0.520. The molecule has 2 unspecified atom stereocenters. The fourth-order valence-corrected chi connectivity index (χ4v) is 14.4. The third-order valence-corrected chi connectivity index (χ3v) is 19.9. The minimum Gasteiger partial charge on any atom is -0.375 e. The van der Waals surface area contributed by atoms with Gasteiger partial charge in [-0.25, -0.2) is 19.9 Å². The van der Waals surface area contributed by atoms with E-state index in [0.717, 1.165) is 103 Å². The van der Waals surface area contributed by atoms with Crippen LogP contribution in [0.25, 0.3) is 66.6 Å². The van der Waals surface area contributed by atoms with Crippen molar-refractivity contribution < 1.29 is 13.2 Å². The first-order valence-electron chi connectivity index (χ1n) is 25.3. The van der Waals surface area contributed by atoms with Gasteiger partial charge in [0.05, 0.1) is 33.4 Å². The third-order valence-electron chi connectivity index (χ3n) is 15.2. The third kappa shape index (κ3) is 9.21. The van der Waals surface area contributed by atoms with Crippen LogP contribution in [0.2, 0.25) is 35.7 Å². The van der Waals surface area contributed by atoms with Gasteiger partial charge in [0.15, 0.2) is 17.3 Å². The highest BCUT2D eigenvalue weighted by atomic mass is 79.9. The van der Waals surface area contributed by atoms with Gasteiger partial charge < -0.3 is 14.5 Å². The number of benzene rings is 2. The van der Waals surface area contributed by atoms with Crippen LogP contribution in [0, 0.1) is 11.8 Å². The molecular weight excluding hydrogens is 1070 g/mol. The number of H-pyrrole nitrogens is 1. The number of anilines is 2. The standard InChI is InChI=1S/C27H36ClN7OSi.C23H26BrClN8O2S/c1-16-12-17-6-7-18(13-16)35(17)27-22(15-36-10-11-37(3,4)5)29-25-24(31-32-26(25)30-27)19-8-9-21-20(23(19)28)14-34(2)33-21;1-12-9-13-5-6-14(10-12)32(13)23-21(24)26-20-19(29-33(22(20)27-23)36(34,35)30(2)3)15-7-8-17-16(18(15)25)11-31(4)28-17/h8-9,14,16-18H,6-7,10-13,15H2,1-5H3,(H,30,31,32);7-8,11-14H,5-6,9-10H2,1-4H3/t16?,17-,18+;12?,13-,14+. The summed E-state index contributed by atoms with van der Waals surface area (Å²) >= 11 is 17.3. The number of fused-ring (bicyclic) bond motifs is 8. The number of piperidine rings is 2.